The number of halogens is 1. The Bertz CT molecular complexity index is 961. The third-order valence-corrected chi connectivity index (χ3v) is 4.89. The summed E-state index contributed by atoms with van der Waals surface area (Å²) in [4.78, 5) is 4.64. The van der Waals surface area contributed by atoms with E-state index < -0.39 is 0 Å². The van der Waals surface area contributed by atoms with Crippen LogP contribution in [0.2, 0.25) is 5.02 Å². The second-order valence-corrected chi connectivity index (χ2v) is 7.13. The highest BCUT2D eigenvalue weighted by Crippen LogP contribution is 2.33. The molecule has 0 fully saturated rings. The standard InChI is InChI=1S/C21H21ClN4O/c1-14-4-6-16(7-5-14)19-13-18(15-8-10-17(22)11-9-15)23-21-24-20(3-2-12-27)25-26(19)21/h4-11,13,19,27H,2-3,12H2,1H3,(H,23,24,25). The predicted octanol–water partition coefficient (Wildman–Crippen LogP) is 4.22. The van der Waals surface area contributed by atoms with Gasteiger partial charge in [-0.1, -0.05) is 53.6 Å². The van der Waals surface area contributed by atoms with E-state index in [1.165, 1.54) is 5.56 Å². The zero-order valence-corrected chi connectivity index (χ0v) is 15.8. The van der Waals surface area contributed by atoms with Crippen molar-refractivity contribution < 1.29 is 5.11 Å². The Morgan fingerprint density at radius 1 is 1.11 bits per heavy atom. The number of nitrogens with one attached hydrogen (secondary N) is 1. The molecular formula is C21H21ClN4O. The van der Waals surface area contributed by atoms with Gasteiger partial charge in [0, 0.05) is 23.7 Å². The minimum absolute atomic E-state index is 0.0529. The molecule has 0 amide bonds. The van der Waals surface area contributed by atoms with Gasteiger partial charge in [0.05, 0.1) is 0 Å². The number of rotatable bonds is 5. The molecule has 1 aliphatic rings. The van der Waals surface area contributed by atoms with Crippen molar-refractivity contribution in [3.63, 3.8) is 0 Å². The molecule has 0 spiro atoms. The van der Waals surface area contributed by atoms with E-state index in [9.17, 15) is 0 Å². The molecule has 2 N–H and O–H groups in total. The first-order chi connectivity index (χ1) is 13.1. The lowest BCUT2D eigenvalue weighted by Gasteiger charge is -2.24. The molecule has 0 saturated carbocycles. The van der Waals surface area contributed by atoms with E-state index in [-0.39, 0.29) is 12.6 Å². The summed E-state index contributed by atoms with van der Waals surface area (Å²) in [5.41, 5.74) is 4.39. The van der Waals surface area contributed by atoms with Crippen LogP contribution in [0.25, 0.3) is 5.70 Å². The molecule has 1 aliphatic heterocycles. The van der Waals surface area contributed by atoms with E-state index in [1.54, 1.807) is 0 Å². The van der Waals surface area contributed by atoms with Crippen LogP contribution in [0.1, 0.15) is 35.0 Å². The summed E-state index contributed by atoms with van der Waals surface area (Å²) in [6.07, 6.45) is 3.45. The molecule has 1 aromatic heterocycles. The number of aliphatic hydroxyl groups is 1. The molecule has 6 heteroatoms. The molecule has 0 saturated heterocycles. The molecule has 0 aliphatic carbocycles. The van der Waals surface area contributed by atoms with Gasteiger partial charge in [0.15, 0.2) is 5.82 Å². The zero-order valence-electron chi connectivity index (χ0n) is 15.1. The molecular weight excluding hydrogens is 360 g/mol. The topological polar surface area (TPSA) is 63.0 Å². The smallest absolute Gasteiger partial charge is 0.226 e. The van der Waals surface area contributed by atoms with Crippen molar-refractivity contribution in [3.8, 4) is 0 Å². The number of allylic oxidation sites excluding steroid dienone is 1. The number of fused-ring (bicyclic) bond motifs is 1. The van der Waals surface area contributed by atoms with E-state index in [2.05, 4.69) is 52.7 Å². The number of hydrogen-bond acceptors (Lipinski definition) is 4. The van der Waals surface area contributed by atoms with Crippen molar-refractivity contribution in [2.24, 2.45) is 0 Å². The van der Waals surface area contributed by atoms with Crippen molar-refractivity contribution in [1.82, 2.24) is 14.8 Å². The lowest BCUT2D eigenvalue weighted by molar-refractivity contribution is 0.287. The monoisotopic (exact) mass is 380 g/mol. The average molecular weight is 381 g/mol. The maximum absolute atomic E-state index is 9.10. The molecule has 1 unspecified atom stereocenters. The zero-order chi connectivity index (χ0) is 18.8. The molecule has 0 bridgehead atoms. The maximum atomic E-state index is 9.10. The first-order valence-electron chi connectivity index (χ1n) is 9.01. The Balaban J connectivity index is 1.76. The van der Waals surface area contributed by atoms with E-state index in [0.717, 1.165) is 22.6 Å². The van der Waals surface area contributed by atoms with Crippen LogP contribution in [0.3, 0.4) is 0 Å². The molecule has 138 valence electrons. The van der Waals surface area contributed by atoms with Crippen molar-refractivity contribution in [1.29, 1.82) is 0 Å². The third-order valence-electron chi connectivity index (χ3n) is 4.64. The second kappa shape index (κ2) is 7.55. The van der Waals surface area contributed by atoms with Gasteiger partial charge >= 0.3 is 0 Å². The summed E-state index contributed by atoms with van der Waals surface area (Å²) in [5.74, 6) is 1.44. The largest absolute Gasteiger partial charge is 0.396 e. The molecule has 2 heterocycles. The van der Waals surface area contributed by atoms with Crippen LogP contribution >= 0.6 is 11.6 Å². The predicted molar refractivity (Wildman–Crippen MR) is 108 cm³/mol. The molecule has 3 aromatic rings. The minimum Gasteiger partial charge on any atom is -0.396 e. The number of aliphatic hydroxyl groups excluding tert-OH is 1. The highest BCUT2D eigenvalue weighted by atomic mass is 35.5. The quantitative estimate of drug-likeness (QED) is 0.695. The molecule has 1 atom stereocenters. The van der Waals surface area contributed by atoms with Crippen LogP contribution in [0, 0.1) is 6.92 Å². The van der Waals surface area contributed by atoms with E-state index in [4.69, 9.17) is 16.7 Å². The summed E-state index contributed by atoms with van der Waals surface area (Å²) in [7, 11) is 0. The lowest BCUT2D eigenvalue weighted by atomic mass is 10.0. The van der Waals surface area contributed by atoms with Gasteiger partial charge < -0.3 is 10.4 Å². The van der Waals surface area contributed by atoms with Crippen LogP contribution in [-0.2, 0) is 6.42 Å². The van der Waals surface area contributed by atoms with E-state index in [0.29, 0.717) is 23.8 Å². The second-order valence-electron chi connectivity index (χ2n) is 6.69. The third kappa shape index (κ3) is 3.75. The Hall–Kier alpha value is -2.63. The fourth-order valence-corrected chi connectivity index (χ4v) is 3.31. The van der Waals surface area contributed by atoms with Gasteiger partial charge in [-0.2, -0.15) is 10.1 Å². The van der Waals surface area contributed by atoms with Gasteiger partial charge in [0.1, 0.15) is 6.04 Å². The molecule has 4 rings (SSSR count). The van der Waals surface area contributed by atoms with Gasteiger partial charge in [-0.05, 0) is 42.7 Å². The molecule has 0 radical (unpaired) electrons. The van der Waals surface area contributed by atoms with E-state index >= 15 is 0 Å². The molecule has 2 aromatic carbocycles. The Morgan fingerprint density at radius 2 is 1.85 bits per heavy atom. The van der Waals surface area contributed by atoms with Crippen molar-refractivity contribution in [2.45, 2.75) is 25.8 Å². The first-order valence-corrected chi connectivity index (χ1v) is 9.39. The van der Waals surface area contributed by atoms with Crippen LogP contribution in [0.5, 0.6) is 0 Å². The van der Waals surface area contributed by atoms with Crippen molar-refractivity contribution in [2.75, 3.05) is 11.9 Å². The molecule has 5 nitrogen and oxygen atoms in total. The molecule has 27 heavy (non-hydrogen) atoms. The Kier molecular flexibility index (Phi) is 4.97. The summed E-state index contributed by atoms with van der Waals surface area (Å²) < 4.78 is 1.91. The Morgan fingerprint density at radius 3 is 2.56 bits per heavy atom. The highest BCUT2D eigenvalue weighted by molar-refractivity contribution is 6.30. The minimum atomic E-state index is -0.0529. The number of benzene rings is 2. The summed E-state index contributed by atoms with van der Waals surface area (Å²) in [6, 6.07) is 16.2. The summed E-state index contributed by atoms with van der Waals surface area (Å²) >= 11 is 6.04. The average Bonchev–Trinajstić information content (AvgIpc) is 3.10. The SMILES string of the molecule is Cc1ccc(C2C=C(c3ccc(Cl)cc3)Nc3nc(CCCO)nn32)cc1. The van der Waals surface area contributed by atoms with Gasteiger partial charge in [-0.25, -0.2) is 4.68 Å². The Labute approximate surface area is 163 Å². The van der Waals surface area contributed by atoms with Gasteiger partial charge in [0.2, 0.25) is 5.95 Å². The number of aryl methyl sites for hydroxylation is 2. The fourth-order valence-electron chi connectivity index (χ4n) is 3.18. The number of hydrogen-bond donors (Lipinski definition) is 2. The first kappa shape index (κ1) is 17.8. The van der Waals surface area contributed by atoms with Crippen LogP contribution in [0.15, 0.2) is 54.6 Å². The van der Waals surface area contributed by atoms with Crippen molar-refractivity contribution >= 4 is 23.2 Å². The van der Waals surface area contributed by atoms with Gasteiger partial charge in [0.25, 0.3) is 0 Å². The van der Waals surface area contributed by atoms with Crippen LogP contribution in [0.4, 0.5) is 5.95 Å². The number of aromatic nitrogens is 3. The van der Waals surface area contributed by atoms with Gasteiger partial charge in [-0.15, -0.1) is 0 Å². The van der Waals surface area contributed by atoms with Crippen LogP contribution in [-0.4, -0.2) is 26.5 Å². The van der Waals surface area contributed by atoms with Crippen LogP contribution < -0.4 is 5.32 Å². The van der Waals surface area contributed by atoms with Crippen molar-refractivity contribution in [3.05, 3.63) is 82.1 Å². The fraction of sp³-hybridized carbons (Fsp3) is 0.238. The summed E-state index contributed by atoms with van der Waals surface area (Å²) in [5, 5.41) is 17.9. The van der Waals surface area contributed by atoms with E-state index in [1.807, 2.05) is 28.9 Å². The number of anilines is 1. The van der Waals surface area contributed by atoms with Gasteiger partial charge in [-0.3, -0.25) is 0 Å². The lowest BCUT2D eigenvalue weighted by Crippen LogP contribution is -2.20. The normalized spacial score (nSPS) is 15.8. The highest BCUT2D eigenvalue weighted by Gasteiger charge is 2.25. The number of nitrogens with zero attached hydrogens (tertiary/aromatic N) is 3. The maximum Gasteiger partial charge on any atom is 0.226 e. The summed E-state index contributed by atoms with van der Waals surface area (Å²) in [6.45, 7) is 2.21.